The summed E-state index contributed by atoms with van der Waals surface area (Å²) in [7, 11) is 1.18. The van der Waals surface area contributed by atoms with Crippen molar-refractivity contribution in [3.05, 3.63) is 24.3 Å². The lowest BCUT2D eigenvalue weighted by molar-refractivity contribution is -0.132. The number of rotatable bonds is 2. The maximum absolute atomic E-state index is 11.0. The highest BCUT2D eigenvalue weighted by molar-refractivity contribution is 6.42. The minimum Gasteiger partial charge on any atom is -0.464 e. The Bertz CT molecular complexity index is 323. The van der Waals surface area contributed by atoms with Gasteiger partial charge in [-0.3, -0.25) is 9.97 Å². The van der Waals surface area contributed by atoms with Gasteiger partial charge in [0, 0.05) is 12.4 Å². The predicted molar refractivity (Wildman–Crippen MR) is 42.4 cm³/mol. The Balaban J connectivity index is 3.00. The third-order valence-corrected chi connectivity index (χ3v) is 1.28. The number of nitrogens with zero attached hydrogens (tertiary/aromatic N) is 3. The van der Waals surface area contributed by atoms with E-state index in [1.54, 1.807) is 0 Å². The molecular weight excluding hydrogens is 174 g/mol. The molecule has 1 N–H and O–H groups in total. The normalized spacial score (nSPS) is 11.0. The molecule has 0 atom stereocenters. The van der Waals surface area contributed by atoms with E-state index in [-0.39, 0.29) is 11.4 Å². The van der Waals surface area contributed by atoms with Gasteiger partial charge in [0.05, 0.1) is 13.3 Å². The summed E-state index contributed by atoms with van der Waals surface area (Å²) in [6.45, 7) is 0. The van der Waals surface area contributed by atoms with Crippen LogP contribution < -0.4 is 0 Å². The number of methoxy groups -OCH3 is 1. The number of esters is 1. The van der Waals surface area contributed by atoms with Gasteiger partial charge in [-0.05, 0) is 0 Å². The summed E-state index contributed by atoms with van der Waals surface area (Å²) in [5.74, 6) is -0.761. The molecule has 13 heavy (non-hydrogen) atoms. The lowest BCUT2D eigenvalue weighted by Gasteiger charge is -1.99. The highest BCUT2D eigenvalue weighted by Gasteiger charge is 2.16. The first-order chi connectivity index (χ1) is 6.29. The molecule has 0 fully saturated rings. The first-order valence-electron chi connectivity index (χ1n) is 3.36. The molecule has 0 aromatic carbocycles. The first-order valence-corrected chi connectivity index (χ1v) is 3.36. The van der Waals surface area contributed by atoms with E-state index in [9.17, 15) is 4.79 Å². The van der Waals surface area contributed by atoms with E-state index in [2.05, 4.69) is 19.9 Å². The van der Waals surface area contributed by atoms with Crippen molar-refractivity contribution in [1.82, 2.24) is 9.97 Å². The molecule has 1 aromatic rings. The molecule has 0 aliphatic heterocycles. The quantitative estimate of drug-likeness (QED) is 0.296. The predicted octanol–water partition coefficient (Wildman–Crippen LogP) is -0.172. The van der Waals surface area contributed by atoms with E-state index in [4.69, 9.17) is 5.21 Å². The largest absolute Gasteiger partial charge is 0.464 e. The monoisotopic (exact) mass is 181 g/mol. The summed E-state index contributed by atoms with van der Waals surface area (Å²) >= 11 is 0. The van der Waals surface area contributed by atoms with Crippen LogP contribution in [0.25, 0.3) is 0 Å². The van der Waals surface area contributed by atoms with Crippen molar-refractivity contribution < 1.29 is 14.7 Å². The van der Waals surface area contributed by atoms with Crippen LogP contribution in [0.15, 0.2) is 23.7 Å². The highest BCUT2D eigenvalue weighted by atomic mass is 16.5. The molecule has 0 unspecified atom stereocenters. The second kappa shape index (κ2) is 4.15. The SMILES string of the molecule is COC(=O)/C(=N/O)c1cnccn1. The summed E-state index contributed by atoms with van der Waals surface area (Å²) in [6, 6.07) is 0. The number of hydrogen-bond acceptors (Lipinski definition) is 6. The van der Waals surface area contributed by atoms with Gasteiger partial charge in [0.15, 0.2) is 0 Å². The molecule has 0 spiro atoms. The number of aromatic nitrogens is 2. The molecule has 6 heteroatoms. The Kier molecular flexibility index (Phi) is 2.91. The maximum atomic E-state index is 11.0. The highest BCUT2D eigenvalue weighted by Crippen LogP contribution is 1.95. The third kappa shape index (κ3) is 1.98. The number of ether oxygens (including phenoxy) is 1. The average molecular weight is 181 g/mol. The fourth-order valence-corrected chi connectivity index (χ4v) is 0.715. The van der Waals surface area contributed by atoms with Crippen LogP contribution in [0, 0.1) is 0 Å². The zero-order valence-electron chi connectivity index (χ0n) is 6.84. The van der Waals surface area contributed by atoms with Gasteiger partial charge < -0.3 is 9.94 Å². The fraction of sp³-hybridized carbons (Fsp3) is 0.143. The van der Waals surface area contributed by atoms with E-state index < -0.39 is 5.97 Å². The van der Waals surface area contributed by atoms with Gasteiger partial charge in [-0.1, -0.05) is 5.16 Å². The van der Waals surface area contributed by atoms with Crippen LogP contribution in [-0.2, 0) is 9.53 Å². The molecule has 0 saturated heterocycles. The molecule has 1 aromatic heterocycles. The average Bonchev–Trinajstić information content (AvgIpc) is 2.20. The Morgan fingerprint density at radius 2 is 2.38 bits per heavy atom. The van der Waals surface area contributed by atoms with Crippen LogP contribution in [0.5, 0.6) is 0 Å². The molecule has 0 aliphatic carbocycles. The smallest absolute Gasteiger partial charge is 0.362 e. The molecule has 1 rings (SSSR count). The van der Waals surface area contributed by atoms with Crippen LogP contribution in [0.3, 0.4) is 0 Å². The van der Waals surface area contributed by atoms with Gasteiger partial charge in [-0.15, -0.1) is 0 Å². The van der Waals surface area contributed by atoms with Crippen molar-refractivity contribution >= 4 is 11.7 Å². The molecule has 0 aliphatic rings. The Morgan fingerprint density at radius 3 is 2.85 bits per heavy atom. The van der Waals surface area contributed by atoms with Crippen molar-refractivity contribution in [2.45, 2.75) is 0 Å². The second-order valence-electron chi connectivity index (χ2n) is 2.03. The van der Waals surface area contributed by atoms with E-state index in [1.165, 1.54) is 25.7 Å². The van der Waals surface area contributed by atoms with Crippen molar-refractivity contribution in [3.63, 3.8) is 0 Å². The summed E-state index contributed by atoms with van der Waals surface area (Å²) in [6.07, 6.45) is 4.12. The molecule has 1 heterocycles. The van der Waals surface area contributed by atoms with Crippen molar-refractivity contribution in [1.29, 1.82) is 0 Å². The molecule has 6 nitrogen and oxygen atoms in total. The van der Waals surface area contributed by atoms with Crippen LogP contribution >= 0.6 is 0 Å². The van der Waals surface area contributed by atoms with E-state index in [0.717, 1.165) is 0 Å². The van der Waals surface area contributed by atoms with E-state index >= 15 is 0 Å². The van der Waals surface area contributed by atoms with Gasteiger partial charge in [0.1, 0.15) is 5.69 Å². The maximum Gasteiger partial charge on any atom is 0.362 e. The first kappa shape index (κ1) is 9.11. The van der Waals surface area contributed by atoms with Gasteiger partial charge in [-0.25, -0.2) is 4.79 Å². The zero-order chi connectivity index (χ0) is 9.68. The number of oxime groups is 1. The number of carbonyl (C=O) groups is 1. The van der Waals surface area contributed by atoms with Crippen molar-refractivity contribution in [3.8, 4) is 0 Å². The number of hydrogen-bond donors (Lipinski definition) is 1. The van der Waals surface area contributed by atoms with Gasteiger partial charge in [-0.2, -0.15) is 0 Å². The molecule has 0 amide bonds. The summed E-state index contributed by atoms with van der Waals surface area (Å²) < 4.78 is 4.36. The van der Waals surface area contributed by atoms with E-state index in [1.807, 2.05) is 0 Å². The second-order valence-corrected chi connectivity index (χ2v) is 2.03. The topological polar surface area (TPSA) is 84.7 Å². The standard InChI is InChI=1S/C7H7N3O3/c1-13-7(11)6(10-12)5-4-8-2-3-9-5/h2-4,12H,1H3/b10-6+. The fourth-order valence-electron chi connectivity index (χ4n) is 0.715. The summed E-state index contributed by atoms with van der Waals surface area (Å²) in [5.41, 5.74) is -0.104. The van der Waals surface area contributed by atoms with Crippen molar-refractivity contribution in [2.24, 2.45) is 5.16 Å². The Morgan fingerprint density at radius 1 is 1.62 bits per heavy atom. The third-order valence-electron chi connectivity index (χ3n) is 1.28. The molecule has 68 valence electrons. The van der Waals surface area contributed by atoms with Gasteiger partial charge in [0.2, 0.25) is 5.71 Å². The molecule has 0 saturated carbocycles. The lowest BCUT2D eigenvalue weighted by atomic mass is 10.3. The van der Waals surface area contributed by atoms with Crippen LogP contribution in [0.1, 0.15) is 5.69 Å². The molecule has 0 radical (unpaired) electrons. The molecule has 0 bridgehead atoms. The number of carbonyl (C=O) groups excluding carboxylic acids is 1. The minimum absolute atomic E-state index is 0.164. The summed E-state index contributed by atoms with van der Waals surface area (Å²) in [5, 5.41) is 11.3. The van der Waals surface area contributed by atoms with Gasteiger partial charge in [0.25, 0.3) is 0 Å². The van der Waals surface area contributed by atoms with Crippen molar-refractivity contribution in [2.75, 3.05) is 7.11 Å². The summed E-state index contributed by atoms with van der Waals surface area (Å²) in [4.78, 5) is 18.4. The van der Waals surface area contributed by atoms with Gasteiger partial charge >= 0.3 is 5.97 Å². The van der Waals surface area contributed by atoms with Crippen LogP contribution in [0.2, 0.25) is 0 Å². The van der Waals surface area contributed by atoms with Crippen LogP contribution in [-0.4, -0.2) is 34.0 Å². The Labute approximate surface area is 73.9 Å². The molecular formula is C7H7N3O3. The van der Waals surface area contributed by atoms with Crippen LogP contribution in [0.4, 0.5) is 0 Å². The lowest BCUT2D eigenvalue weighted by Crippen LogP contribution is -2.18. The zero-order valence-corrected chi connectivity index (χ0v) is 6.84. The minimum atomic E-state index is -0.761. The van der Waals surface area contributed by atoms with E-state index in [0.29, 0.717) is 0 Å². The Hall–Kier alpha value is -1.98.